The Hall–Kier alpha value is -1.91. The van der Waals surface area contributed by atoms with Gasteiger partial charge in [-0.2, -0.15) is 0 Å². The fourth-order valence-electron chi connectivity index (χ4n) is 2.07. The van der Waals surface area contributed by atoms with Gasteiger partial charge >= 0.3 is 11.9 Å². The van der Waals surface area contributed by atoms with E-state index < -0.39 is 11.9 Å². The number of nitrogens with zero attached hydrogens (tertiary/aromatic N) is 1. The van der Waals surface area contributed by atoms with Crippen LogP contribution in [0, 0.1) is 0 Å². The first-order chi connectivity index (χ1) is 8.66. The number of aromatic carboxylic acids is 1. The lowest BCUT2D eigenvalue weighted by Crippen LogP contribution is -2.21. The Morgan fingerprint density at radius 1 is 1.28 bits per heavy atom. The molecule has 5 heteroatoms. The van der Waals surface area contributed by atoms with E-state index in [2.05, 4.69) is 4.98 Å². The number of carboxylic acids is 1. The van der Waals surface area contributed by atoms with Gasteiger partial charge < -0.3 is 9.84 Å². The molecule has 0 aliphatic heterocycles. The molecule has 1 saturated carbocycles. The number of carbonyl (C=O) groups is 2. The van der Waals surface area contributed by atoms with Crippen LogP contribution in [-0.2, 0) is 4.74 Å². The fourth-order valence-corrected chi connectivity index (χ4v) is 2.07. The van der Waals surface area contributed by atoms with Crippen molar-refractivity contribution in [3.8, 4) is 0 Å². The summed E-state index contributed by atoms with van der Waals surface area (Å²) in [7, 11) is 0. The third kappa shape index (κ3) is 3.06. The minimum atomic E-state index is -1.08. The molecule has 5 nitrogen and oxygen atoms in total. The van der Waals surface area contributed by atoms with Crippen molar-refractivity contribution >= 4 is 11.9 Å². The van der Waals surface area contributed by atoms with Crippen LogP contribution in [0.2, 0.25) is 0 Å². The zero-order valence-corrected chi connectivity index (χ0v) is 9.96. The molecule has 0 radical (unpaired) electrons. The molecule has 0 bridgehead atoms. The molecule has 1 N–H and O–H groups in total. The highest BCUT2D eigenvalue weighted by Crippen LogP contribution is 2.21. The van der Waals surface area contributed by atoms with Crippen LogP contribution in [0.1, 0.15) is 53.0 Å². The van der Waals surface area contributed by atoms with Crippen LogP contribution in [0.4, 0.5) is 0 Å². The number of ether oxygens (including phenoxy) is 1. The predicted octanol–water partition coefficient (Wildman–Crippen LogP) is 2.27. The van der Waals surface area contributed by atoms with Crippen molar-refractivity contribution in [2.45, 2.75) is 38.2 Å². The second kappa shape index (κ2) is 5.62. The minimum absolute atomic E-state index is 0.0422. The highest BCUT2D eigenvalue weighted by Gasteiger charge is 2.20. The second-order valence-corrected chi connectivity index (χ2v) is 4.40. The lowest BCUT2D eigenvalue weighted by Gasteiger charge is -2.21. The van der Waals surface area contributed by atoms with Crippen LogP contribution in [0.5, 0.6) is 0 Å². The van der Waals surface area contributed by atoms with Gasteiger partial charge in [-0.3, -0.25) is 0 Å². The molecule has 1 aromatic rings. The van der Waals surface area contributed by atoms with E-state index in [1.54, 1.807) is 0 Å². The largest absolute Gasteiger partial charge is 0.478 e. The topological polar surface area (TPSA) is 76.5 Å². The summed E-state index contributed by atoms with van der Waals surface area (Å²) in [5.74, 6) is -1.62. The number of carboxylic acid groups (broad SMARTS) is 1. The molecule has 96 valence electrons. The molecule has 0 unspecified atom stereocenters. The summed E-state index contributed by atoms with van der Waals surface area (Å²) >= 11 is 0. The van der Waals surface area contributed by atoms with Crippen molar-refractivity contribution in [2.24, 2.45) is 0 Å². The molecule has 0 aromatic carbocycles. The van der Waals surface area contributed by atoms with E-state index in [-0.39, 0.29) is 17.4 Å². The van der Waals surface area contributed by atoms with Crippen molar-refractivity contribution in [3.63, 3.8) is 0 Å². The molecule has 1 aliphatic rings. The van der Waals surface area contributed by atoms with Crippen molar-refractivity contribution < 1.29 is 19.4 Å². The van der Waals surface area contributed by atoms with Crippen LogP contribution >= 0.6 is 0 Å². The zero-order valence-electron chi connectivity index (χ0n) is 9.96. The van der Waals surface area contributed by atoms with Gasteiger partial charge in [-0.05, 0) is 37.8 Å². The van der Waals surface area contributed by atoms with E-state index in [0.29, 0.717) is 0 Å². The van der Waals surface area contributed by atoms with Crippen molar-refractivity contribution in [1.82, 2.24) is 4.98 Å². The molecular weight excluding hydrogens is 234 g/mol. The van der Waals surface area contributed by atoms with Crippen molar-refractivity contribution in [1.29, 1.82) is 0 Å². The monoisotopic (exact) mass is 249 g/mol. The molecule has 0 saturated heterocycles. The average Bonchev–Trinajstić information content (AvgIpc) is 2.40. The van der Waals surface area contributed by atoms with E-state index in [4.69, 9.17) is 9.84 Å². The molecule has 1 heterocycles. The van der Waals surface area contributed by atoms with E-state index in [1.807, 2.05) is 0 Å². The molecule has 0 atom stereocenters. The molecule has 0 amide bonds. The van der Waals surface area contributed by atoms with Crippen LogP contribution < -0.4 is 0 Å². The fraction of sp³-hybridized carbons (Fsp3) is 0.462. The van der Waals surface area contributed by atoms with Gasteiger partial charge in [0.05, 0.1) is 5.56 Å². The summed E-state index contributed by atoms with van der Waals surface area (Å²) in [6.45, 7) is 0. The first-order valence-electron chi connectivity index (χ1n) is 6.07. The number of carbonyl (C=O) groups excluding carboxylic acids is 1. The van der Waals surface area contributed by atoms with Gasteiger partial charge in [-0.1, -0.05) is 6.42 Å². The lowest BCUT2D eigenvalue weighted by atomic mass is 9.98. The molecular formula is C13H15NO4. The van der Waals surface area contributed by atoms with Crippen LogP contribution in [0.25, 0.3) is 0 Å². The summed E-state index contributed by atoms with van der Waals surface area (Å²) in [5, 5.41) is 8.83. The van der Waals surface area contributed by atoms with E-state index in [0.717, 1.165) is 25.7 Å². The normalized spacial score (nSPS) is 16.2. The standard InChI is InChI=1S/C13H15NO4/c15-12(16)9-6-7-14-11(8-9)13(17)18-10-4-2-1-3-5-10/h6-8,10H,1-5H2,(H,15,16). The lowest BCUT2D eigenvalue weighted by molar-refractivity contribution is 0.0204. The maximum absolute atomic E-state index is 11.8. The summed E-state index contributed by atoms with van der Waals surface area (Å²) < 4.78 is 5.32. The summed E-state index contributed by atoms with van der Waals surface area (Å²) in [4.78, 5) is 26.4. The van der Waals surface area contributed by atoms with E-state index in [1.165, 1.54) is 24.8 Å². The third-order valence-electron chi connectivity index (χ3n) is 3.04. The van der Waals surface area contributed by atoms with Gasteiger partial charge in [0.25, 0.3) is 0 Å². The quantitative estimate of drug-likeness (QED) is 0.831. The maximum atomic E-state index is 11.8. The second-order valence-electron chi connectivity index (χ2n) is 4.40. The maximum Gasteiger partial charge on any atom is 0.357 e. The highest BCUT2D eigenvalue weighted by atomic mass is 16.5. The number of hydrogen-bond acceptors (Lipinski definition) is 4. The zero-order chi connectivity index (χ0) is 13.0. The first kappa shape index (κ1) is 12.5. The van der Waals surface area contributed by atoms with Gasteiger partial charge in [-0.15, -0.1) is 0 Å². The highest BCUT2D eigenvalue weighted by molar-refractivity contribution is 5.93. The van der Waals surface area contributed by atoms with Crippen LogP contribution in [0.3, 0.4) is 0 Å². The Morgan fingerprint density at radius 2 is 2.00 bits per heavy atom. The Bertz CT molecular complexity index is 452. The van der Waals surface area contributed by atoms with Crippen molar-refractivity contribution in [2.75, 3.05) is 0 Å². The summed E-state index contributed by atoms with van der Waals surface area (Å²) in [6, 6.07) is 2.59. The van der Waals surface area contributed by atoms with E-state index in [9.17, 15) is 9.59 Å². The Kier molecular flexibility index (Phi) is 3.92. The van der Waals surface area contributed by atoms with Crippen LogP contribution in [0.15, 0.2) is 18.3 Å². The number of esters is 1. The van der Waals surface area contributed by atoms with Gasteiger partial charge in [0.2, 0.25) is 0 Å². The summed E-state index contributed by atoms with van der Waals surface area (Å²) in [5.41, 5.74) is 0.0982. The Balaban J connectivity index is 2.03. The van der Waals surface area contributed by atoms with Gasteiger partial charge in [-0.25, -0.2) is 14.6 Å². The minimum Gasteiger partial charge on any atom is -0.478 e. The Labute approximate surface area is 105 Å². The molecule has 2 rings (SSSR count). The third-order valence-corrected chi connectivity index (χ3v) is 3.04. The number of rotatable bonds is 3. The van der Waals surface area contributed by atoms with Gasteiger partial charge in [0, 0.05) is 6.20 Å². The van der Waals surface area contributed by atoms with Crippen LogP contribution in [-0.4, -0.2) is 28.1 Å². The smallest absolute Gasteiger partial charge is 0.357 e. The van der Waals surface area contributed by atoms with Crippen molar-refractivity contribution in [3.05, 3.63) is 29.6 Å². The molecule has 0 spiro atoms. The van der Waals surface area contributed by atoms with Gasteiger partial charge in [0.1, 0.15) is 11.8 Å². The predicted molar refractivity (Wildman–Crippen MR) is 63.5 cm³/mol. The molecule has 1 aliphatic carbocycles. The number of pyridine rings is 1. The first-order valence-corrected chi connectivity index (χ1v) is 6.07. The molecule has 18 heavy (non-hydrogen) atoms. The Morgan fingerprint density at radius 3 is 2.67 bits per heavy atom. The van der Waals surface area contributed by atoms with E-state index >= 15 is 0 Å². The average molecular weight is 249 g/mol. The molecule has 1 aromatic heterocycles. The number of aromatic nitrogens is 1. The molecule has 1 fully saturated rings. The number of hydrogen-bond donors (Lipinski definition) is 1. The SMILES string of the molecule is O=C(O)c1ccnc(C(=O)OC2CCCCC2)c1. The van der Waals surface area contributed by atoms with Gasteiger partial charge in [0.15, 0.2) is 0 Å². The summed E-state index contributed by atoms with van der Waals surface area (Å²) in [6.07, 6.45) is 6.33.